The predicted octanol–water partition coefficient (Wildman–Crippen LogP) is 1.03. The molecule has 0 aromatic heterocycles. The van der Waals surface area contributed by atoms with Crippen LogP contribution in [0.25, 0.3) is 0 Å². The highest BCUT2D eigenvalue weighted by molar-refractivity contribution is 5.79. The third kappa shape index (κ3) is 1.46. The van der Waals surface area contributed by atoms with Crippen LogP contribution in [0.5, 0.6) is 0 Å². The fourth-order valence-corrected chi connectivity index (χ4v) is 2.17. The summed E-state index contributed by atoms with van der Waals surface area (Å²) in [6.07, 6.45) is 2.29. The quantitative estimate of drug-likeness (QED) is 0.607. The van der Waals surface area contributed by atoms with Crippen molar-refractivity contribution in [2.75, 3.05) is 19.7 Å². The molecular weight excluding hydrogens is 166 g/mol. The molecule has 1 spiro atoms. The number of likely N-dealkylation sites (tertiary alicyclic amines) is 1. The van der Waals surface area contributed by atoms with Crippen LogP contribution in [0.3, 0.4) is 0 Å². The number of nitrogens with zero attached hydrogens (tertiary/aromatic N) is 1. The highest BCUT2D eigenvalue weighted by atomic mass is 16.5. The minimum absolute atomic E-state index is 0.0601. The Morgan fingerprint density at radius 3 is 2.62 bits per heavy atom. The summed E-state index contributed by atoms with van der Waals surface area (Å²) < 4.78 is 5.64. The van der Waals surface area contributed by atoms with Crippen molar-refractivity contribution in [1.29, 1.82) is 0 Å². The number of carbonyl (C=O) groups is 1. The standard InChI is InChI=1S/C10H17NO2/c1-8(2)9(12)11-6-10(7-11)4-3-5-13-10/h8H,3-7H2,1-2H3. The zero-order chi connectivity index (χ0) is 9.47. The van der Waals surface area contributed by atoms with E-state index in [2.05, 4.69) is 0 Å². The van der Waals surface area contributed by atoms with Crippen LogP contribution in [-0.4, -0.2) is 36.1 Å². The van der Waals surface area contributed by atoms with Crippen molar-refractivity contribution < 1.29 is 9.53 Å². The molecule has 1 amide bonds. The van der Waals surface area contributed by atoms with Gasteiger partial charge in [0.05, 0.1) is 13.1 Å². The molecule has 0 aliphatic carbocycles. The molecule has 74 valence electrons. The van der Waals surface area contributed by atoms with Crippen LogP contribution in [0.4, 0.5) is 0 Å². The summed E-state index contributed by atoms with van der Waals surface area (Å²) in [4.78, 5) is 13.4. The van der Waals surface area contributed by atoms with E-state index in [0.29, 0.717) is 0 Å². The minimum atomic E-state index is 0.0601. The van der Waals surface area contributed by atoms with Gasteiger partial charge in [-0.25, -0.2) is 0 Å². The monoisotopic (exact) mass is 183 g/mol. The zero-order valence-electron chi connectivity index (χ0n) is 8.38. The van der Waals surface area contributed by atoms with Crippen LogP contribution in [0.2, 0.25) is 0 Å². The van der Waals surface area contributed by atoms with Crippen molar-refractivity contribution in [3.05, 3.63) is 0 Å². The smallest absolute Gasteiger partial charge is 0.225 e. The molecule has 2 aliphatic rings. The maximum absolute atomic E-state index is 11.5. The number of hydrogen-bond acceptors (Lipinski definition) is 2. The normalized spacial score (nSPS) is 25.3. The van der Waals surface area contributed by atoms with Gasteiger partial charge in [0.15, 0.2) is 0 Å². The van der Waals surface area contributed by atoms with Crippen molar-refractivity contribution >= 4 is 5.91 Å². The first-order chi connectivity index (χ1) is 6.13. The molecule has 0 saturated carbocycles. The van der Waals surface area contributed by atoms with Gasteiger partial charge in [0, 0.05) is 12.5 Å². The third-order valence-corrected chi connectivity index (χ3v) is 2.95. The van der Waals surface area contributed by atoms with Crippen LogP contribution in [0.15, 0.2) is 0 Å². The van der Waals surface area contributed by atoms with Crippen molar-refractivity contribution in [3.8, 4) is 0 Å². The highest BCUT2D eigenvalue weighted by Gasteiger charge is 2.48. The lowest BCUT2D eigenvalue weighted by atomic mass is 9.90. The van der Waals surface area contributed by atoms with Gasteiger partial charge in [0.2, 0.25) is 5.91 Å². The van der Waals surface area contributed by atoms with Gasteiger partial charge < -0.3 is 9.64 Å². The molecule has 2 aliphatic heterocycles. The molecule has 3 nitrogen and oxygen atoms in total. The summed E-state index contributed by atoms with van der Waals surface area (Å²) in [5.41, 5.74) is 0.0601. The molecule has 0 aromatic rings. The first kappa shape index (κ1) is 9.00. The van der Waals surface area contributed by atoms with E-state index >= 15 is 0 Å². The van der Waals surface area contributed by atoms with Gasteiger partial charge >= 0.3 is 0 Å². The number of hydrogen-bond donors (Lipinski definition) is 0. The van der Waals surface area contributed by atoms with E-state index in [1.165, 1.54) is 0 Å². The molecule has 13 heavy (non-hydrogen) atoms. The summed E-state index contributed by atoms with van der Waals surface area (Å²) in [5, 5.41) is 0. The summed E-state index contributed by atoms with van der Waals surface area (Å²) in [7, 11) is 0. The fourth-order valence-electron chi connectivity index (χ4n) is 2.17. The lowest BCUT2D eigenvalue weighted by Gasteiger charge is -2.47. The Balaban J connectivity index is 1.87. The second-order valence-corrected chi connectivity index (χ2v) is 4.48. The van der Waals surface area contributed by atoms with Crippen LogP contribution in [-0.2, 0) is 9.53 Å². The van der Waals surface area contributed by atoms with Gasteiger partial charge in [-0.1, -0.05) is 13.8 Å². The Bertz CT molecular complexity index is 211. The van der Waals surface area contributed by atoms with Gasteiger partial charge in [0.25, 0.3) is 0 Å². The second kappa shape index (κ2) is 2.98. The van der Waals surface area contributed by atoms with Crippen molar-refractivity contribution in [2.45, 2.75) is 32.3 Å². The van der Waals surface area contributed by atoms with Crippen LogP contribution < -0.4 is 0 Å². The topological polar surface area (TPSA) is 29.5 Å². The molecule has 2 fully saturated rings. The molecule has 0 unspecified atom stereocenters. The van der Waals surface area contributed by atoms with Gasteiger partial charge in [-0.05, 0) is 12.8 Å². The first-order valence-electron chi connectivity index (χ1n) is 5.06. The molecule has 2 saturated heterocycles. The van der Waals surface area contributed by atoms with E-state index in [9.17, 15) is 4.79 Å². The summed E-state index contributed by atoms with van der Waals surface area (Å²) in [6.45, 7) is 6.42. The number of carbonyl (C=O) groups excluding carboxylic acids is 1. The van der Waals surface area contributed by atoms with E-state index in [1.54, 1.807) is 0 Å². The molecule has 2 rings (SSSR count). The van der Waals surface area contributed by atoms with E-state index < -0.39 is 0 Å². The van der Waals surface area contributed by atoms with Crippen molar-refractivity contribution in [3.63, 3.8) is 0 Å². The van der Waals surface area contributed by atoms with Gasteiger partial charge in [-0.2, -0.15) is 0 Å². The lowest BCUT2D eigenvalue weighted by Crippen LogP contribution is -2.63. The van der Waals surface area contributed by atoms with Crippen LogP contribution in [0, 0.1) is 5.92 Å². The van der Waals surface area contributed by atoms with E-state index in [4.69, 9.17) is 4.74 Å². The molecule has 2 heterocycles. The Morgan fingerprint density at radius 1 is 1.46 bits per heavy atom. The maximum atomic E-state index is 11.5. The summed E-state index contributed by atoms with van der Waals surface area (Å²) in [5.74, 6) is 0.389. The summed E-state index contributed by atoms with van der Waals surface area (Å²) >= 11 is 0. The molecule has 3 heteroatoms. The van der Waals surface area contributed by atoms with E-state index in [0.717, 1.165) is 32.5 Å². The van der Waals surface area contributed by atoms with Crippen LogP contribution in [0.1, 0.15) is 26.7 Å². The number of amides is 1. The largest absolute Gasteiger partial charge is 0.371 e. The maximum Gasteiger partial charge on any atom is 0.225 e. The number of rotatable bonds is 1. The Kier molecular flexibility index (Phi) is 2.06. The fraction of sp³-hybridized carbons (Fsp3) is 0.900. The Morgan fingerprint density at radius 2 is 2.15 bits per heavy atom. The predicted molar refractivity (Wildman–Crippen MR) is 49.3 cm³/mol. The molecule has 0 aromatic carbocycles. The average Bonchev–Trinajstić information content (AvgIpc) is 2.47. The first-order valence-corrected chi connectivity index (χ1v) is 5.06. The Labute approximate surface area is 79.0 Å². The van der Waals surface area contributed by atoms with Gasteiger partial charge in [0.1, 0.15) is 5.60 Å². The summed E-state index contributed by atoms with van der Waals surface area (Å²) in [6, 6.07) is 0. The molecule has 0 N–H and O–H groups in total. The average molecular weight is 183 g/mol. The second-order valence-electron chi connectivity index (χ2n) is 4.48. The third-order valence-electron chi connectivity index (χ3n) is 2.95. The Hall–Kier alpha value is -0.570. The highest BCUT2D eigenvalue weighted by Crippen LogP contribution is 2.35. The molecule has 0 radical (unpaired) electrons. The van der Waals surface area contributed by atoms with Crippen molar-refractivity contribution in [2.24, 2.45) is 5.92 Å². The SMILES string of the molecule is CC(C)C(=O)N1CC2(CCCO2)C1. The van der Waals surface area contributed by atoms with Crippen molar-refractivity contribution in [1.82, 2.24) is 4.90 Å². The number of ether oxygens (including phenoxy) is 1. The minimum Gasteiger partial charge on any atom is -0.371 e. The van der Waals surface area contributed by atoms with Gasteiger partial charge in [-0.3, -0.25) is 4.79 Å². The van der Waals surface area contributed by atoms with E-state index in [1.807, 2.05) is 18.7 Å². The molecule has 0 atom stereocenters. The lowest BCUT2D eigenvalue weighted by molar-refractivity contribution is -0.160. The van der Waals surface area contributed by atoms with E-state index in [-0.39, 0.29) is 17.4 Å². The molecule has 0 bridgehead atoms. The van der Waals surface area contributed by atoms with Crippen LogP contribution >= 0.6 is 0 Å². The zero-order valence-corrected chi connectivity index (χ0v) is 8.38. The van der Waals surface area contributed by atoms with Gasteiger partial charge in [-0.15, -0.1) is 0 Å². The molecular formula is C10H17NO2.